The molecule has 3 aromatic rings. The van der Waals surface area contributed by atoms with Gasteiger partial charge in [0.25, 0.3) is 5.56 Å². The van der Waals surface area contributed by atoms with Crippen molar-refractivity contribution in [2.45, 2.75) is 58.9 Å². The first kappa shape index (κ1) is 19.2. The van der Waals surface area contributed by atoms with Crippen molar-refractivity contribution in [1.82, 2.24) is 14.5 Å². The Morgan fingerprint density at radius 1 is 1.11 bits per heavy atom. The molecule has 2 heterocycles. The van der Waals surface area contributed by atoms with Crippen LogP contribution in [0.3, 0.4) is 0 Å². The Morgan fingerprint density at radius 3 is 2.44 bits per heavy atom. The lowest BCUT2D eigenvalue weighted by Gasteiger charge is -2.17. The van der Waals surface area contributed by atoms with Crippen LogP contribution in [-0.4, -0.2) is 14.5 Å². The number of aryl methyl sites for hydroxylation is 1. The fraction of sp³-hybridized carbons (Fsp3) is 0.409. The van der Waals surface area contributed by atoms with Crippen LogP contribution in [0.1, 0.15) is 52.5 Å². The molecule has 1 aromatic carbocycles. The van der Waals surface area contributed by atoms with E-state index in [0.717, 1.165) is 24.8 Å². The molecule has 0 aliphatic carbocycles. The molecule has 0 saturated heterocycles. The summed E-state index contributed by atoms with van der Waals surface area (Å²) >= 11 is 0. The van der Waals surface area contributed by atoms with Crippen LogP contribution in [0.2, 0.25) is 0 Å². The number of benzene rings is 1. The average molecular weight is 367 g/mol. The molecule has 0 atom stereocenters. The summed E-state index contributed by atoms with van der Waals surface area (Å²) < 4.78 is 16.4. The van der Waals surface area contributed by atoms with Gasteiger partial charge in [-0.25, -0.2) is 14.4 Å². The van der Waals surface area contributed by atoms with E-state index in [1.165, 1.54) is 6.07 Å². The summed E-state index contributed by atoms with van der Waals surface area (Å²) in [5, 5.41) is 1.09. The quantitative estimate of drug-likeness (QED) is 0.591. The number of unbranched alkanes of at least 4 members (excludes halogenated alkanes) is 2. The zero-order valence-corrected chi connectivity index (χ0v) is 16.4. The van der Waals surface area contributed by atoms with Crippen LogP contribution < -0.4 is 5.56 Å². The van der Waals surface area contributed by atoms with E-state index in [1.807, 2.05) is 6.07 Å². The van der Waals surface area contributed by atoms with E-state index in [0.29, 0.717) is 28.7 Å². The largest absolute Gasteiger partial charge is 0.315 e. The highest BCUT2D eigenvalue weighted by molar-refractivity contribution is 5.85. The van der Waals surface area contributed by atoms with E-state index in [2.05, 4.69) is 37.7 Å². The summed E-state index contributed by atoms with van der Waals surface area (Å²) in [6, 6.07) is 4.83. The van der Waals surface area contributed by atoms with Crippen molar-refractivity contribution in [2.24, 2.45) is 0 Å². The van der Waals surface area contributed by atoms with Crippen molar-refractivity contribution in [1.29, 1.82) is 0 Å². The molecule has 2 aromatic heterocycles. The van der Waals surface area contributed by atoms with Gasteiger partial charge in [0.2, 0.25) is 0 Å². The van der Waals surface area contributed by atoms with Gasteiger partial charge in [-0.15, -0.1) is 0 Å². The highest BCUT2D eigenvalue weighted by Crippen LogP contribution is 2.26. The second-order valence-corrected chi connectivity index (χ2v) is 7.99. The summed E-state index contributed by atoms with van der Waals surface area (Å²) in [6.45, 7) is 9.01. The minimum atomic E-state index is -0.477. The normalized spacial score (nSPS) is 11.9. The van der Waals surface area contributed by atoms with Crippen LogP contribution in [0.15, 0.2) is 41.6 Å². The van der Waals surface area contributed by atoms with Gasteiger partial charge in [-0.1, -0.05) is 40.5 Å². The molecule has 0 aliphatic heterocycles. The topological polar surface area (TPSA) is 47.8 Å². The van der Waals surface area contributed by atoms with E-state index in [1.54, 1.807) is 29.2 Å². The lowest BCUT2D eigenvalue weighted by Crippen LogP contribution is -2.19. The Bertz CT molecular complexity index is 1000. The smallest absolute Gasteiger partial charge is 0.258 e. The van der Waals surface area contributed by atoms with Gasteiger partial charge in [0, 0.05) is 25.1 Å². The van der Waals surface area contributed by atoms with Gasteiger partial charge in [-0.2, -0.15) is 0 Å². The fourth-order valence-corrected chi connectivity index (χ4v) is 3.04. The molecule has 5 heteroatoms. The molecule has 27 heavy (non-hydrogen) atoms. The number of fused-ring (bicyclic) bond motifs is 1. The molecule has 0 aliphatic rings. The third kappa shape index (κ3) is 4.07. The monoisotopic (exact) mass is 367 g/mol. The average Bonchev–Trinajstić information content (AvgIpc) is 2.63. The Hall–Kier alpha value is -2.56. The maximum Gasteiger partial charge on any atom is 0.258 e. The van der Waals surface area contributed by atoms with E-state index in [9.17, 15) is 9.18 Å². The van der Waals surface area contributed by atoms with Crippen molar-refractivity contribution >= 4 is 10.8 Å². The van der Waals surface area contributed by atoms with E-state index in [-0.39, 0.29) is 11.0 Å². The molecule has 142 valence electrons. The summed E-state index contributed by atoms with van der Waals surface area (Å²) in [5.41, 5.74) is 1.08. The summed E-state index contributed by atoms with van der Waals surface area (Å²) in [7, 11) is 0. The third-order valence-electron chi connectivity index (χ3n) is 4.83. The van der Waals surface area contributed by atoms with Crippen LogP contribution in [0.25, 0.3) is 22.2 Å². The molecule has 0 fully saturated rings. The molecule has 0 radical (unpaired) electrons. The molecule has 0 spiro atoms. The van der Waals surface area contributed by atoms with Crippen molar-refractivity contribution in [3.63, 3.8) is 0 Å². The Morgan fingerprint density at radius 2 is 1.81 bits per heavy atom. The van der Waals surface area contributed by atoms with Gasteiger partial charge in [0.05, 0.1) is 10.9 Å². The van der Waals surface area contributed by atoms with Crippen molar-refractivity contribution in [2.75, 3.05) is 0 Å². The van der Waals surface area contributed by atoms with E-state index >= 15 is 0 Å². The van der Waals surface area contributed by atoms with Gasteiger partial charge in [0.1, 0.15) is 5.82 Å². The SMILES string of the molecule is CCCCCn1ccc2cc(-c3ncc(C(C)(C)C)cn3)c(F)cc2c1=O. The molecular weight excluding hydrogens is 341 g/mol. The number of hydrogen-bond acceptors (Lipinski definition) is 3. The maximum absolute atomic E-state index is 14.7. The minimum absolute atomic E-state index is 0.0662. The molecule has 0 amide bonds. The summed E-state index contributed by atoms with van der Waals surface area (Å²) in [4.78, 5) is 21.3. The molecular formula is C22H26FN3O. The predicted octanol–water partition coefficient (Wildman–Crippen LogP) is 5.09. The number of rotatable bonds is 5. The van der Waals surface area contributed by atoms with Gasteiger partial charge >= 0.3 is 0 Å². The van der Waals surface area contributed by atoms with Gasteiger partial charge < -0.3 is 4.57 Å². The lowest BCUT2D eigenvalue weighted by molar-refractivity contribution is 0.584. The highest BCUT2D eigenvalue weighted by atomic mass is 19.1. The van der Waals surface area contributed by atoms with Crippen LogP contribution >= 0.6 is 0 Å². The highest BCUT2D eigenvalue weighted by Gasteiger charge is 2.17. The number of aromatic nitrogens is 3. The zero-order valence-electron chi connectivity index (χ0n) is 16.4. The van der Waals surface area contributed by atoms with Gasteiger partial charge in [-0.3, -0.25) is 4.79 Å². The first-order valence-electron chi connectivity index (χ1n) is 9.47. The fourth-order valence-electron chi connectivity index (χ4n) is 3.04. The van der Waals surface area contributed by atoms with Crippen LogP contribution in [-0.2, 0) is 12.0 Å². The molecule has 3 rings (SSSR count). The zero-order chi connectivity index (χ0) is 19.6. The third-order valence-corrected chi connectivity index (χ3v) is 4.83. The van der Waals surface area contributed by atoms with Crippen molar-refractivity contribution < 1.29 is 4.39 Å². The second kappa shape index (κ2) is 7.59. The van der Waals surface area contributed by atoms with Crippen LogP contribution in [0.5, 0.6) is 0 Å². The van der Waals surface area contributed by atoms with E-state index < -0.39 is 5.82 Å². The second-order valence-electron chi connectivity index (χ2n) is 7.99. The minimum Gasteiger partial charge on any atom is -0.315 e. The number of hydrogen-bond donors (Lipinski definition) is 0. The first-order valence-corrected chi connectivity index (χ1v) is 9.47. The molecule has 0 saturated carbocycles. The maximum atomic E-state index is 14.7. The standard InChI is InChI=1S/C22H26FN3O/c1-5-6-7-9-26-10-8-15-11-18(19(23)12-17(15)21(26)27)20-24-13-16(14-25-20)22(2,3)4/h8,10-14H,5-7,9H2,1-4H3. The van der Waals surface area contributed by atoms with Gasteiger partial charge in [0.15, 0.2) is 5.82 Å². The van der Waals surface area contributed by atoms with Crippen LogP contribution in [0, 0.1) is 5.82 Å². The van der Waals surface area contributed by atoms with Crippen molar-refractivity contribution in [3.8, 4) is 11.4 Å². The molecule has 0 bridgehead atoms. The van der Waals surface area contributed by atoms with Crippen LogP contribution in [0.4, 0.5) is 4.39 Å². The number of pyridine rings is 1. The predicted molar refractivity (Wildman–Crippen MR) is 107 cm³/mol. The Balaban J connectivity index is 2.00. The number of nitrogens with zero attached hydrogens (tertiary/aromatic N) is 3. The van der Waals surface area contributed by atoms with Crippen molar-refractivity contribution in [3.05, 3.63) is 58.5 Å². The first-order chi connectivity index (χ1) is 12.8. The summed E-state index contributed by atoms with van der Waals surface area (Å²) in [5.74, 6) is -0.149. The van der Waals surface area contributed by atoms with E-state index in [4.69, 9.17) is 0 Å². The molecule has 0 N–H and O–H groups in total. The Kier molecular flexibility index (Phi) is 5.40. The molecule has 0 unspecified atom stereocenters. The lowest BCUT2D eigenvalue weighted by atomic mass is 9.89. The molecule has 4 nitrogen and oxygen atoms in total. The Labute approximate surface area is 159 Å². The summed E-state index contributed by atoms with van der Waals surface area (Å²) in [6.07, 6.45) is 8.35. The number of halogens is 1. The van der Waals surface area contributed by atoms with Gasteiger partial charge in [-0.05, 0) is 41.0 Å².